The molecular formula is C24H25N5O2. The molecule has 0 spiro atoms. The van der Waals surface area contributed by atoms with Gasteiger partial charge in [0.1, 0.15) is 17.0 Å². The van der Waals surface area contributed by atoms with Gasteiger partial charge in [0.25, 0.3) is 5.91 Å². The number of imidazole rings is 1. The van der Waals surface area contributed by atoms with E-state index in [1.54, 1.807) is 24.5 Å². The van der Waals surface area contributed by atoms with Crippen LogP contribution < -0.4 is 10.7 Å². The SMILES string of the molecule is CCn1cc(C(=O)NCCCn2ccnc2-c2ccccc2)c(=O)c2ccc(C)nc21. The molecule has 7 heteroatoms. The van der Waals surface area contributed by atoms with E-state index in [4.69, 9.17) is 0 Å². The molecule has 0 aliphatic heterocycles. The molecule has 158 valence electrons. The van der Waals surface area contributed by atoms with Crippen molar-refractivity contribution in [2.45, 2.75) is 33.4 Å². The van der Waals surface area contributed by atoms with Gasteiger partial charge < -0.3 is 14.5 Å². The van der Waals surface area contributed by atoms with E-state index >= 15 is 0 Å². The quantitative estimate of drug-likeness (QED) is 0.469. The van der Waals surface area contributed by atoms with E-state index in [1.807, 2.05) is 54.9 Å². The number of hydrogen-bond acceptors (Lipinski definition) is 4. The molecule has 0 aliphatic carbocycles. The van der Waals surface area contributed by atoms with Gasteiger partial charge in [-0.2, -0.15) is 0 Å². The lowest BCUT2D eigenvalue weighted by Crippen LogP contribution is -2.31. The minimum absolute atomic E-state index is 0.146. The van der Waals surface area contributed by atoms with Gasteiger partial charge in [-0.05, 0) is 32.4 Å². The fourth-order valence-electron chi connectivity index (χ4n) is 3.65. The summed E-state index contributed by atoms with van der Waals surface area (Å²) in [6.45, 7) is 5.64. The van der Waals surface area contributed by atoms with Crippen molar-refractivity contribution in [3.63, 3.8) is 0 Å². The van der Waals surface area contributed by atoms with Crippen molar-refractivity contribution >= 4 is 16.9 Å². The number of aryl methyl sites for hydroxylation is 3. The molecule has 0 unspecified atom stereocenters. The van der Waals surface area contributed by atoms with Crippen molar-refractivity contribution in [3.05, 3.63) is 82.5 Å². The molecule has 1 amide bonds. The lowest BCUT2D eigenvalue weighted by Gasteiger charge is -2.12. The first kappa shape index (κ1) is 20.5. The van der Waals surface area contributed by atoms with Crippen LogP contribution in [0.25, 0.3) is 22.4 Å². The smallest absolute Gasteiger partial charge is 0.256 e. The molecule has 3 aromatic heterocycles. The van der Waals surface area contributed by atoms with Gasteiger partial charge >= 0.3 is 0 Å². The summed E-state index contributed by atoms with van der Waals surface area (Å²) in [6.07, 6.45) is 6.04. The maximum atomic E-state index is 12.8. The summed E-state index contributed by atoms with van der Waals surface area (Å²) in [4.78, 5) is 34.5. The zero-order chi connectivity index (χ0) is 21.8. The number of nitrogens with one attached hydrogen (secondary N) is 1. The topological polar surface area (TPSA) is 81.8 Å². The van der Waals surface area contributed by atoms with Crippen LogP contribution in [0.3, 0.4) is 0 Å². The molecule has 0 bridgehead atoms. The van der Waals surface area contributed by atoms with Gasteiger partial charge in [-0.25, -0.2) is 9.97 Å². The van der Waals surface area contributed by atoms with Crippen molar-refractivity contribution in [1.82, 2.24) is 24.4 Å². The maximum Gasteiger partial charge on any atom is 0.256 e. The van der Waals surface area contributed by atoms with Crippen molar-refractivity contribution in [2.75, 3.05) is 6.54 Å². The van der Waals surface area contributed by atoms with E-state index in [1.165, 1.54) is 0 Å². The molecule has 0 fully saturated rings. The summed E-state index contributed by atoms with van der Waals surface area (Å²) in [5, 5.41) is 3.35. The first-order chi connectivity index (χ1) is 15.1. The minimum Gasteiger partial charge on any atom is -0.352 e. The van der Waals surface area contributed by atoms with Crippen LogP contribution in [0, 0.1) is 6.92 Å². The number of carbonyl (C=O) groups is 1. The van der Waals surface area contributed by atoms with Gasteiger partial charge in [0.2, 0.25) is 5.43 Å². The monoisotopic (exact) mass is 415 g/mol. The Balaban J connectivity index is 1.44. The van der Waals surface area contributed by atoms with Gasteiger partial charge in [-0.3, -0.25) is 9.59 Å². The number of hydrogen-bond donors (Lipinski definition) is 1. The van der Waals surface area contributed by atoms with Gasteiger partial charge in [-0.1, -0.05) is 30.3 Å². The van der Waals surface area contributed by atoms with Gasteiger partial charge in [0.05, 0.1) is 5.39 Å². The summed E-state index contributed by atoms with van der Waals surface area (Å²) in [7, 11) is 0. The van der Waals surface area contributed by atoms with Gasteiger partial charge in [0.15, 0.2) is 0 Å². The second-order valence-corrected chi connectivity index (χ2v) is 7.40. The Kier molecular flexibility index (Phi) is 5.93. The van der Waals surface area contributed by atoms with Crippen molar-refractivity contribution in [1.29, 1.82) is 0 Å². The number of fused-ring (bicyclic) bond motifs is 1. The van der Waals surface area contributed by atoms with Crippen molar-refractivity contribution < 1.29 is 4.79 Å². The summed E-state index contributed by atoms with van der Waals surface area (Å²) in [5.41, 5.74) is 2.35. The molecule has 4 rings (SSSR count). The first-order valence-electron chi connectivity index (χ1n) is 10.4. The predicted molar refractivity (Wildman–Crippen MR) is 121 cm³/mol. The zero-order valence-corrected chi connectivity index (χ0v) is 17.7. The highest BCUT2D eigenvalue weighted by Gasteiger charge is 2.16. The van der Waals surface area contributed by atoms with E-state index in [0.717, 1.165) is 23.5 Å². The second-order valence-electron chi connectivity index (χ2n) is 7.40. The normalized spacial score (nSPS) is 11.0. The number of benzene rings is 1. The third kappa shape index (κ3) is 4.26. The van der Waals surface area contributed by atoms with Crippen molar-refractivity contribution in [3.8, 4) is 11.4 Å². The molecule has 1 aromatic carbocycles. The number of pyridine rings is 2. The third-order valence-corrected chi connectivity index (χ3v) is 5.25. The average molecular weight is 415 g/mol. The van der Waals surface area contributed by atoms with Crippen LogP contribution in [-0.2, 0) is 13.1 Å². The third-order valence-electron chi connectivity index (χ3n) is 5.25. The summed E-state index contributed by atoms with van der Waals surface area (Å²) in [5.74, 6) is 0.540. The predicted octanol–water partition coefficient (Wildman–Crippen LogP) is 3.41. The number of nitrogens with zero attached hydrogens (tertiary/aromatic N) is 4. The number of aromatic nitrogens is 4. The lowest BCUT2D eigenvalue weighted by atomic mass is 10.1. The minimum atomic E-state index is -0.358. The van der Waals surface area contributed by atoms with Crippen LogP contribution in [0.1, 0.15) is 29.4 Å². The Bertz CT molecular complexity index is 1270. The molecule has 4 aromatic rings. The molecule has 0 radical (unpaired) electrons. The standard InChI is InChI=1S/C24H25N5O2/c1-3-28-16-20(21(30)19-11-10-17(2)27-23(19)28)24(31)26-12-7-14-29-15-13-25-22(29)18-8-5-4-6-9-18/h4-6,8-11,13,15-16H,3,7,12,14H2,1-2H3,(H,26,31). The largest absolute Gasteiger partial charge is 0.352 e. The number of amides is 1. The lowest BCUT2D eigenvalue weighted by molar-refractivity contribution is 0.0951. The fraction of sp³-hybridized carbons (Fsp3) is 0.250. The van der Waals surface area contributed by atoms with Crippen LogP contribution in [0.4, 0.5) is 0 Å². The Morgan fingerprint density at radius 3 is 2.68 bits per heavy atom. The van der Waals surface area contributed by atoms with Gasteiger partial charge in [0, 0.05) is 49.5 Å². The van der Waals surface area contributed by atoms with E-state index in [2.05, 4.69) is 19.9 Å². The summed E-state index contributed by atoms with van der Waals surface area (Å²) in [6, 6.07) is 13.5. The van der Waals surface area contributed by atoms with Crippen LogP contribution >= 0.6 is 0 Å². The van der Waals surface area contributed by atoms with Gasteiger partial charge in [-0.15, -0.1) is 0 Å². The Morgan fingerprint density at radius 1 is 1.10 bits per heavy atom. The average Bonchev–Trinajstić information content (AvgIpc) is 3.26. The molecule has 31 heavy (non-hydrogen) atoms. The van der Waals surface area contributed by atoms with E-state index < -0.39 is 0 Å². The van der Waals surface area contributed by atoms with Crippen LogP contribution in [-0.4, -0.2) is 31.6 Å². The second kappa shape index (κ2) is 8.95. The molecule has 0 saturated heterocycles. The highest BCUT2D eigenvalue weighted by Crippen LogP contribution is 2.17. The molecule has 7 nitrogen and oxygen atoms in total. The maximum absolute atomic E-state index is 12.8. The van der Waals surface area contributed by atoms with Crippen LogP contribution in [0.15, 0.2) is 65.8 Å². The van der Waals surface area contributed by atoms with E-state index in [-0.39, 0.29) is 16.9 Å². The molecule has 0 atom stereocenters. The van der Waals surface area contributed by atoms with Crippen LogP contribution in [0.5, 0.6) is 0 Å². The number of rotatable bonds is 7. The number of carbonyl (C=O) groups excluding carboxylic acids is 1. The summed E-state index contributed by atoms with van der Waals surface area (Å²) < 4.78 is 3.91. The molecule has 0 saturated carbocycles. The Hall–Kier alpha value is -3.74. The highest BCUT2D eigenvalue weighted by molar-refractivity contribution is 5.96. The molecule has 3 heterocycles. The van der Waals surface area contributed by atoms with Crippen molar-refractivity contribution in [2.24, 2.45) is 0 Å². The van der Waals surface area contributed by atoms with Crippen LogP contribution in [0.2, 0.25) is 0 Å². The first-order valence-corrected chi connectivity index (χ1v) is 10.4. The fourth-order valence-corrected chi connectivity index (χ4v) is 3.65. The molecular weight excluding hydrogens is 390 g/mol. The molecule has 1 N–H and O–H groups in total. The van der Waals surface area contributed by atoms with E-state index in [9.17, 15) is 9.59 Å². The Labute approximate surface area is 180 Å². The highest BCUT2D eigenvalue weighted by atomic mass is 16.2. The zero-order valence-electron chi connectivity index (χ0n) is 17.7. The Morgan fingerprint density at radius 2 is 1.90 bits per heavy atom. The summed E-state index contributed by atoms with van der Waals surface area (Å²) >= 11 is 0. The van der Waals surface area contributed by atoms with E-state index in [0.29, 0.717) is 30.7 Å². The molecule has 0 aliphatic rings.